The molecule has 2 atom stereocenters. The van der Waals surface area contributed by atoms with Crippen LogP contribution in [-0.2, 0) is 6.54 Å². The van der Waals surface area contributed by atoms with E-state index in [1.54, 1.807) is 11.9 Å². The van der Waals surface area contributed by atoms with Crippen LogP contribution < -0.4 is 11.1 Å². The Labute approximate surface area is 157 Å². The summed E-state index contributed by atoms with van der Waals surface area (Å²) in [5.41, 5.74) is 7.19. The van der Waals surface area contributed by atoms with Gasteiger partial charge in [-0.3, -0.25) is 0 Å². The third kappa shape index (κ3) is 7.63. The first-order chi connectivity index (χ1) is 11.6. The smallest absolute Gasteiger partial charge is 0.317 e. The van der Waals surface area contributed by atoms with E-state index in [4.69, 9.17) is 5.73 Å². The highest BCUT2D eigenvalue weighted by molar-refractivity contribution is 5.85. The van der Waals surface area contributed by atoms with Gasteiger partial charge >= 0.3 is 6.03 Å². The molecule has 0 radical (unpaired) electrons. The second-order valence-electron chi connectivity index (χ2n) is 7.00. The molecule has 4 N–H and O–H groups in total. The van der Waals surface area contributed by atoms with Gasteiger partial charge < -0.3 is 21.1 Å². The summed E-state index contributed by atoms with van der Waals surface area (Å²) in [7, 11) is 1.75. The number of nitrogens with one attached hydrogen (secondary N) is 1. The second kappa shape index (κ2) is 11.3. The number of rotatable bonds is 7. The van der Waals surface area contributed by atoms with E-state index in [-0.39, 0.29) is 31.0 Å². The van der Waals surface area contributed by atoms with Gasteiger partial charge in [0.15, 0.2) is 0 Å². The Morgan fingerprint density at radius 1 is 1.28 bits per heavy atom. The van der Waals surface area contributed by atoms with Crippen LogP contribution in [0, 0.1) is 5.92 Å². The summed E-state index contributed by atoms with van der Waals surface area (Å²) in [5.74, 6) is 0.625. The lowest BCUT2D eigenvalue weighted by atomic mass is 9.84. The normalized spacial score (nSPS) is 17.2. The number of nitrogens with two attached hydrogens (primary N) is 1. The number of halogens is 1. The van der Waals surface area contributed by atoms with Crippen LogP contribution in [-0.4, -0.2) is 41.8 Å². The molecule has 6 heteroatoms. The predicted molar refractivity (Wildman–Crippen MR) is 104 cm³/mol. The average Bonchev–Trinajstić information content (AvgIpc) is 2.61. The summed E-state index contributed by atoms with van der Waals surface area (Å²) in [6.07, 6.45) is 6.44. The fraction of sp³-hybridized carbons (Fsp3) is 0.632. The monoisotopic (exact) mass is 369 g/mol. The Hall–Kier alpha value is -1.30. The zero-order chi connectivity index (χ0) is 17.4. The van der Waals surface area contributed by atoms with Crippen LogP contribution >= 0.6 is 12.4 Å². The lowest BCUT2D eigenvalue weighted by molar-refractivity contribution is 0.123. The van der Waals surface area contributed by atoms with Gasteiger partial charge in [0.2, 0.25) is 0 Å². The highest BCUT2D eigenvalue weighted by atomic mass is 35.5. The maximum atomic E-state index is 12.1. The van der Waals surface area contributed by atoms with E-state index in [0.29, 0.717) is 12.5 Å². The van der Waals surface area contributed by atoms with Crippen molar-refractivity contribution < 1.29 is 9.90 Å². The molecule has 0 saturated heterocycles. The van der Waals surface area contributed by atoms with E-state index in [2.05, 4.69) is 5.32 Å². The first-order valence-corrected chi connectivity index (χ1v) is 9.03. The Kier molecular flexibility index (Phi) is 9.86. The zero-order valence-corrected chi connectivity index (χ0v) is 15.9. The number of nitrogens with zero attached hydrogens (tertiary/aromatic N) is 1. The van der Waals surface area contributed by atoms with E-state index >= 15 is 0 Å². The summed E-state index contributed by atoms with van der Waals surface area (Å²) in [5, 5.41) is 13.0. The van der Waals surface area contributed by atoms with Gasteiger partial charge in [-0.25, -0.2) is 4.79 Å². The Balaban J connectivity index is 0.00000312. The number of aliphatic hydroxyl groups excluding tert-OH is 1. The van der Waals surface area contributed by atoms with Crippen LogP contribution in [0.3, 0.4) is 0 Å². The maximum Gasteiger partial charge on any atom is 0.317 e. The number of amides is 2. The molecule has 142 valence electrons. The quantitative estimate of drug-likeness (QED) is 0.691. The van der Waals surface area contributed by atoms with Crippen molar-refractivity contribution in [2.24, 2.45) is 11.7 Å². The molecule has 1 saturated carbocycles. The highest BCUT2D eigenvalue weighted by Gasteiger charge is 2.22. The largest absolute Gasteiger partial charge is 0.390 e. The first-order valence-electron chi connectivity index (χ1n) is 9.03. The standard InChI is InChI=1S/C19H31N3O2.ClH/c1-22(14-16-10-6-3-7-11-16)19(24)21-13-18(23)17(20)12-15-8-4-2-5-9-15;/h3,6-7,10-11,15,17-18,23H,2,4-5,8-9,12-14,20H2,1H3,(H,21,24);1H/t17-,18+;/m0./s1. The Bertz CT molecular complexity index is 495. The molecule has 1 aromatic rings. The van der Waals surface area contributed by atoms with Gasteiger partial charge in [-0.2, -0.15) is 0 Å². The van der Waals surface area contributed by atoms with Gasteiger partial charge in [0.05, 0.1) is 6.10 Å². The molecule has 0 spiro atoms. The third-order valence-electron chi connectivity index (χ3n) is 4.90. The molecule has 0 bridgehead atoms. The van der Waals surface area contributed by atoms with Crippen molar-refractivity contribution in [2.45, 2.75) is 57.2 Å². The van der Waals surface area contributed by atoms with Gasteiger partial charge in [0.1, 0.15) is 0 Å². The molecule has 2 rings (SSSR count). The highest BCUT2D eigenvalue weighted by Crippen LogP contribution is 2.27. The molecule has 0 unspecified atom stereocenters. The molecular formula is C19H32ClN3O2. The molecule has 0 aliphatic heterocycles. The first kappa shape index (κ1) is 21.7. The predicted octanol–water partition coefficient (Wildman–Crippen LogP) is 2.91. The molecule has 2 amide bonds. The average molecular weight is 370 g/mol. The molecule has 25 heavy (non-hydrogen) atoms. The van der Waals surface area contributed by atoms with Crippen LogP contribution in [0.25, 0.3) is 0 Å². The lowest BCUT2D eigenvalue weighted by Gasteiger charge is -2.27. The van der Waals surface area contributed by atoms with Crippen LogP contribution in [0.4, 0.5) is 4.79 Å². The van der Waals surface area contributed by atoms with Crippen molar-refractivity contribution in [3.8, 4) is 0 Å². The van der Waals surface area contributed by atoms with Crippen LogP contribution in [0.2, 0.25) is 0 Å². The summed E-state index contributed by atoms with van der Waals surface area (Å²) >= 11 is 0. The van der Waals surface area contributed by atoms with Crippen LogP contribution in [0.5, 0.6) is 0 Å². The van der Waals surface area contributed by atoms with Crippen molar-refractivity contribution >= 4 is 18.4 Å². The summed E-state index contributed by atoms with van der Waals surface area (Å²) in [6, 6.07) is 9.37. The fourth-order valence-electron chi connectivity index (χ4n) is 3.37. The lowest BCUT2D eigenvalue weighted by Crippen LogP contribution is -2.47. The van der Waals surface area contributed by atoms with Gasteiger partial charge in [-0.1, -0.05) is 62.4 Å². The molecule has 0 heterocycles. The molecule has 1 aliphatic carbocycles. The molecule has 1 fully saturated rings. The van der Waals surface area contributed by atoms with Crippen molar-refractivity contribution in [1.82, 2.24) is 10.2 Å². The number of benzene rings is 1. The van der Waals surface area contributed by atoms with Gasteiger partial charge in [-0.05, 0) is 17.9 Å². The van der Waals surface area contributed by atoms with Crippen molar-refractivity contribution in [3.05, 3.63) is 35.9 Å². The van der Waals surface area contributed by atoms with Crippen molar-refractivity contribution in [1.29, 1.82) is 0 Å². The second-order valence-corrected chi connectivity index (χ2v) is 7.00. The van der Waals surface area contributed by atoms with E-state index in [1.165, 1.54) is 32.1 Å². The van der Waals surface area contributed by atoms with E-state index in [1.807, 2.05) is 30.3 Å². The third-order valence-corrected chi connectivity index (χ3v) is 4.90. The van der Waals surface area contributed by atoms with Gasteiger partial charge in [-0.15, -0.1) is 12.4 Å². The van der Waals surface area contributed by atoms with Crippen LogP contribution in [0.15, 0.2) is 30.3 Å². The molecule has 5 nitrogen and oxygen atoms in total. The summed E-state index contributed by atoms with van der Waals surface area (Å²) in [6.45, 7) is 0.739. The molecule has 0 aromatic heterocycles. The van der Waals surface area contributed by atoms with E-state index in [9.17, 15) is 9.90 Å². The number of urea groups is 1. The summed E-state index contributed by atoms with van der Waals surface area (Å²) in [4.78, 5) is 13.7. The molecule has 1 aromatic carbocycles. The summed E-state index contributed by atoms with van der Waals surface area (Å²) < 4.78 is 0. The van der Waals surface area contributed by atoms with E-state index < -0.39 is 6.10 Å². The minimum Gasteiger partial charge on any atom is -0.390 e. The van der Waals surface area contributed by atoms with Crippen molar-refractivity contribution in [2.75, 3.05) is 13.6 Å². The van der Waals surface area contributed by atoms with Crippen molar-refractivity contribution in [3.63, 3.8) is 0 Å². The minimum atomic E-state index is -0.694. The minimum absolute atomic E-state index is 0. The van der Waals surface area contributed by atoms with E-state index in [0.717, 1.165) is 12.0 Å². The molecule has 1 aliphatic rings. The number of aliphatic hydroxyl groups is 1. The van der Waals surface area contributed by atoms with Gasteiger partial charge in [0.25, 0.3) is 0 Å². The number of carbonyl (C=O) groups is 1. The number of hydrogen-bond acceptors (Lipinski definition) is 3. The molecular weight excluding hydrogens is 338 g/mol. The Morgan fingerprint density at radius 2 is 1.92 bits per heavy atom. The topological polar surface area (TPSA) is 78.6 Å². The Morgan fingerprint density at radius 3 is 2.56 bits per heavy atom. The number of hydrogen-bond donors (Lipinski definition) is 3. The maximum absolute atomic E-state index is 12.1. The fourth-order valence-corrected chi connectivity index (χ4v) is 3.37. The van der Waals surface area contributed by atoms with Gasteiger partial charge in [0, 0.05) is 26.2 Å². The SMILES string of the molecule is CN(Cc1ccccc1)C(=O)NC[C@@H](O)[C@@H](N)CC1CCCCC1.Cl. The zero-order valence-electron chi connectivity index (χ0n) is 15.1. The van der Waals surface area contributed by atoms with Crippen LogP contribution in [0.1, 0.15) is 44.1 Å². The number of carbonyl (C=O) groups excluding carboxylic acids is 1.